The van der Waals surface area contributed by atoms with E-state index in [1.54, 1.807) is 6.92 Å². The standard InChI is InChI=1S/C20H23NO4/c1-14(21(16(3)22)25-17(4)23)18-10-12-20(13-11-18)24-15(2)19-8-6-5-7-9-19/h5-15H,1-4H3. The molecule has 0 N–H and O–H groups in total. The molecule has 25 heavy (non-hydrogen) atoms. The average Bonchev–Trinajstić information content (AvgIpc) is 2.60. The highest BCUT2D eigenvalue weighted by molar-refractivity contribution is 5.75. The van der Waals surface area contributed by atoms with E-state index in [4.69, 9.17) is 9.57 Å². The van der Waals surface area contributed by atoms with E-state index >= 15 is 0 Å². The molecule has 5 heteroatoms. The molecule has 0 spiro atoms. The molecule has 0 saturated carbocycles. The Bertz CT molecular complexity index is 712. The zero-order valence-corrected chi connectivity index (χ0v) is 14.9. The lowest BCUT2D eigenvalue weighted by atomic mass is 10.1. The van der Waals surface area contributed by atoms with Gasteiger partial charge in [-0.05, 0) is 37.1 Å². The van der Waals surface area contributed by atoms with Crippen LogP contribution in [0.15, 0.2) is 54.6 Å². The Morgan fingerprint density at radius 2 is 1.48 bits per heavy atom. The van der Waals surface area contributed by atoms with E-state index in [9.17, 15) is 9.59 Å². The predicted molar refractivity (Wildman–Crippen MR) is 94.6 cm³/mol. The van der Waals surface area contributed by atoms with Gasteiger partial charge in [-0.25, -0.2) is 0 Å². The normalized spacial score (nSPS) is 12.8. The molecule has 0 heterocycles. The number of amides is 1. The van der Waals surface area contributed by atoms with Crippen LogP contribution in [0.2, 0.25) is 0 Å². The summed E-state index contributed by atoms with van der Waals surface area (Å²) in [5, 5.41) is 1.07. The average molecular weight is 341 g/mol. The van der Waals surface area contributed by atoms with E-state index < -0.39 is 5.97 Å². The van der Waals surface area contributed by atoms with E-state index in [0.717, 1.165) is 21.9 Å². The van der Waals surface area contributed by atoms with Crippen LogP contribution in [0.25, 0.3) is 0 Å². The van der Waals surface area contributed by atoms with Gasteiger partial charge in [-0.3, -0.25) is 9.59 Å². The van der Waals surface area contributed by atoms with E-state index in [2.05, 4.69) is 0 Å². The van der Waals surface area contributed by atoms with Gasteiger partial charge < -0.3 is 9.57 Å². The molecule has 2 rings (SSSR count). The summed E-state index contributed by atoms with van der Waals surface area (Å²) in [7, 11) is 0. The van der Waals surface area contributed by atoms with Gasteiger partial charge >= 0.3 is 5.97 Å². The van der Waals surface area contributed by atoms with Crippen molar-refractivity contribution in [3.05, 3.63) is 65.7 Å². The Balaban J connectivity index is 2.08. The third-order valence-corrected chi connectivity index (χ3v) is 3.83. The first-order chi connectivity index (χ1) is 11.9. The number of benzene rings is 2. The number of hydrogen-bond acceptors (Lipinski definition) is 4. The molecule has 0 aliphatic carbocycles. The van der Waals surface area contributed by atoms with Crippen LogP contribution >= 0.6 is 0 Å². The lowest BCUT2D eigenvalue weighted by molar-refractivity contribution is -0.203. The summed E-state index contributed by atoms with van der Waals surface area (Å²) in [6.07, 6.45) is -0.0702. The molecular formula is C20H23NO4. The van der Waals surface area contributed by atoms with Gasteiger partial charge in [-0.2, -0.15) is 5.06 Å². The van der Waals surface area contributed by atoms with Gasteiger partial charge in [0, 0.05) is 13.8 Å². The minimum atomic E-state index is -0.529. The highest BCUT2D eigenvalue weighted by Gasteiger charge is 2.22. The zero-order valence-electron chi connectivity index (χ0n) is 14.9. The van der Waals surface area contributed by atoms with Crippen molar-refractivity contribution in [2.45, 2.75) is 39.8 Å². The molecule has 0 aliphatic rings. The van der Waals surface area contributed by atoms with Crippen molar-refractivity contribution in [3.63, 3.8) is 0 Å². The Hall–Kier alpha value is -2.82. The topological polar surface area (TPSA) is 55.8 Å². The number of ether oxygens (including phenoxy) is 1. The van der Waals surface area contributed by atoms with Crippen molar-refractivity contribution < 1.29 is 19.2 Å². The fourth-order valence-electron chi connectivity index (χ4n) is 2.51. The summed E-state index contributed by atoms with van der Waals surface area (Å²) in [5.41, 5.74) is 1.94. The molecule has 0 aliphatic heterocycles. The van der Waals surface area contributed by atoms with E-state index in [1.165, 1.54) is 13.8 Å². The summed E-state index contributed by atoms with van der Waals surface area (Å²) >= 11 is 0. The minimum Gasteiger partial charge on any atom is -0.486 e. The number of carbonyl (C=O) groups is 2. The Kier molecular flexibility index (Phi) is 6.17. The molecular weight excluding hydrogens is 318 g/mol. The number of rotatable bonds is 5. The summed E-state index contributed by atoms with van der Waals surface area (Å²) in [4.78, 5) is 27.9. The molecule has 2 atom stereocenters. The van der Waals surface area contributed by atoms with Crippen LogP contribution in [0.3, 0.4) is 0 Å². The zero-order chi connectivity index (χ0) is 18.4. The van der Waals surface area contributed by atoms with Crippen LogP contribution in [0.5, 0.6) is 5.75 Å². The maximum Gasteiger partial charge on any atom is 0.329 e. The molecule has 0 bridgehead atoms. The lowest BCUT2D eigenvalue weighted by Crippen LogP contribution is -2.33. The smallest absolute Gasteiger partial charge is 0.329 e. The lowest BCUT2D eigenvalue weighted by Gasteiger charge is -2.26. The number of carbonyl (C=O) groups excluding carboxylic acids is 2. The van der Waals surface area contributed by atoms with E-state index in [-0.39, 0.29) is 18.1 Å². The second kappa shape index (κ2) is 8.33. The van der Waals surface area contributed by atoms with Crippen LogP contribution in [-0.2, 0) is 14.4 Å². The molecule has 0 saturated heterocycles. The first kappa shape index (κ1) is 18.5. The SMILES string of the molecule is CC(=O)ON(C(C)=O)C(C)c1ccc(OC(C)c2ccccc2)cc1. The molecule has 2 aromatic carbocycles. The molecule has 1 amide bonds. The number of hydroxylamine groups is 2. The molecule has 0 aromatic heterocycles. The Morgan fingerprint density at radius 1 is 0.880 bits per heavy atom. The van der Waals surface area contributed by atoms with Gasteiger partial charge in [-0.15, -0.1) is 0 Å². The second-order valence-corrected chi connectivity index (χ2v) is 5.84. The highest BCUT2D eigenvalue weighted by Crippen LogP contribution is 2.26. The monoisotopic (exact) mass is 341 g/mol. The number of nitrogens with zero attached hydrogens (tertiary/aromatic N) is 1. The van der Waals surface area contributed by atoms with Crippen molar-refractivity contribution >= 4 is 11.9 Å². The number of hydrogen-bond donors (Lipinski definition) is 0. The van der Waals surface area contributed by atoms with Crippen LogP contribution < -0.4 is 4.74 Å². The third kappa shape index (κ3) is 5.08. The maximum atomic E-state index is 11.7. The van der Waals surface area contributed by atoms with Crippen molar-refractivity contribution in [3.8, 4) is 5.75 Å². The minimum absolute atomic E-state index is 0.0702. The van der Waals surface area contributed by atoms with Crippen molar-refractivity contribution in [1.82, 2.24) is 5.06 Å². The summed E-state index contributed by atoms with van der Waals surface area (Å²) < 4.78 is 5.94. The van der Waals surface area contributed by atoms with Gasteiger partial charge in [0.15, 0.2) is 0 Å². The molecule has 2 unspecified atom stereocenters. The van der Waals surface area contributed by atoms with Gasteiger partial charge in [0.1, 0.15) is 11.9 Å². The molecule has 5 nitrogen and oxygen atoms in total. The Morgan fingerprint density at radius 3 is 2.00 bits per heavy atom. The first-order valence-electron chi connectivity index (χ1n) is 8.18. The summed E-state index contributed by atoms with van der Waals surface area (Å²) in [6, 6.07) is 17.0. The molecule has 0 fully saturated rings. The van der Waals surface area contributed by atoms with Crippen LogP contribution in [0.1, 0.15) is 51.0 Å². The summed E-state index contributed by atoms with van der Waals surface area (Å²) in [5.74, 6) is -0.131. The van der Waals surface area contributed by atoms with Crippen molar-refractivity contribution in [2.24, 2.45) is 0 Å². The fraction of sp³-hybridized carbons (Fsp3) is 0.300. The maximum absolute atomic E-state index is 11.7. The van der Waals surface area contributed by atoms with E-state index in [0.29, 0.717) is 0 Å². The quantitative estimate of drug-likeness (QED) is 0.764. The van der Waals surface area contributed by atoms with Crippen molar-refractivity contribution in [1.29, 1.82) is 0 Å². The van der Waals surface area contributed by atoms with Gasteiger partial charge in [0.05, 0.1) is 6.04 Å². The second-order valence-electron chi connectivity index (χ2n) is 5.84. The van der Waals surface area contributed by atoms with Crippen LogP contribution in [0.4, 0.5) is 0 Å². The molecule has 132 valence electrons. The van der Waals surface area contributed by atoms with Gasteiger partial charge in [0.2, 0.25) is 0 Å². The predicted octanol–water partition coefficient (Wildman–Crippen LogP) is 4.21. The fourth-order valence-corrected chi connectivity index (χ4v) is 2.51. The first-order valence-corrected chi connectivity index (χ1v) is 8.18. The van der Waals surface area contributed by atoms with Crippen LogP contribution in [-0.4, -0.2) is 16.9 Å². The van der Waals surface area contributed by atoms with Gasteiger partial charge in [0.25, 0.3) is 5.91 Å². The summed E-state index contributed by atoms with van der Waals surface area (Å²) in [6.45, 7) is 6.42. The Labute approximate surface area is 148 Å². The third-order valence-electron chi connectivity index (χ3n) is 3.83. The molecule has 2 aromatic rings. The highest BCUT2D eigenvalue weighted by atomic mass is 16.7. The van der Waals surface area contributed by atoms with Crippen LogP contribution in [0, 0.1) is 0 Å². The van der Waals surface area contributed by atoms with Gasteiger partial charge in [-0.1, -0.05) is 42.5 Å². The molecule has 0 radical (unpaired) electrons. The largest absolute Gasteiger partial charge is 0.486 e. The van der Waals surface area contributed by atoms with E-state index in [1.807, 2.05) is 61.5 Å². The van der Waals surface area contributed by atoms with Crippen molar-refractivity contribution in [2.75, 3.05) is 0 Å².